The first-order chi connectivity index (χ1) is 22.5. The van der Waals surface area contributed by atoms with Gasteiger partial charge in [-0.25, -0.2) is 0 Å². The van der Waals surface area contributed by atoms with Crippen molar-refractivity contribution < 1.29 is 0 Å². The Bertz CT molecular complexity index is 2300. The third kappa shape index (κ3) is 4.87. The molecule has 0 atom stereocenters. The van der Waals surface area contributed by atoms with E-state index in [2.05, 4.69) is 154 Å². The average Bonchev–Trinajstić information content (AvgIpc) is 3.10. The highest BCUT2D eigenvalue weighted by atomic mass is 14.8. The number of pyridine rings is 1. The molecule has 8 rings (SSSR count). The molecule has 1 aliphatic rings. The lowest BCUT2D eigenvalue weighted by molar-refractivity contribution is 0.855. The molecule has 0 N–H and O–H groups in total. The van der Waals surface area contributed by atoms with Gasteiger partial charge >= 0.3 is 0 Å². The molecule has 0 unspecified atom stereocenters. The number of nitrogens with zero attached hydrogens (tertiary/aromatic N) is 2. The van der Waals surface area contributed by atoms with Crippen LogP contribution in [0.15, 0.2) is 140 Å². The second-order valence-electron chi connectivity index (χ2n) is 12.7. The van der Waals surface area contributed by atoms with E-state index in [4.69, 9.17) is 4.98 Å². The smallest absolute Gasteiger partial charge is 0.0708 e. The molecule has 0 fully saturated rings. The maximum absolute atomic E-state index is 4.92. The van der Waals surface area contributed by atoms with E-state index in [9.17, 15) is 0 Å². The van der Waals surface area contributed by atoms with E-state index in [1.165, 1.54) is 71.3 Å². The summed E-state index contributed by atoms with van der Waals surface area (Å²) in [6.07, 6.45) is 8.34. The van der Waals surface area contributed by atoms with Gasteiger partial charge in [0.2, 0.25) is 0 Å². The lowest BCUT2D eigenvalue weighted by Crippen LogP contribution is -2.00. The summed E-state index contributed by atoms with van der Waals surface area (Å²) in [6.45, 7) is 7.36. The molecule has 2 heteroatoms. The fourth-order valence-electron chi connectivity index (χ4n) is 7.04. The van der Waals surface area contributed by atoms with Crippen molar-refractivity contribution >= 4 is 37.9 Å². The second kappa shape index (κ2) is 11.5. The van der Waals surface area contributed by atoms with Crippen molar-refractivity contribution in [2.75, 3.05) is 6.54 Å². The Labute approximate surface area is 270 Å². The van der Waals surface area contributed by atoms with E-state index in [0.717, 1.165) is 23.4 Å². The van der Waals surface area contributed by atoms with E-state index < -0.39 is 0 Å². The minimum atomic E-state index is 0.376. The molecule has 6 aromatic carbocycles. The van der Waals surface area contributed by atoms with Gasteiger partial charge < -0.3 is 5.32 Å². The predicted molar refractivity (Wildman–Crippen MR) is 197 cm³/mol. The number of aryl methyl sites for hydroxylation is 1. The molecule has 0 radical (unpaired) electrons. The molecule has 1 aliphatic heterocycles. The van der Waals surface area contributed by atoms with Crippen molar-refractivity contribution in [2.45, 2.75) is 26.7 Å². The van der Waals surface area contributed by atoms with Crippen LogP contribution in [0, 0.1) is 6.92 Å². The van der Waals surface area contributed by atoms with Crippen LogP contribution in [0.1, 0.15) is 36.5 Å². The molecule has 2 heterocycles. The van der Waals surface area contributed by atoms with Gasteiger partial charge in [0.05, 0.1) is 5.69 Å². The van der Waals surface area contributed by atoms with Crippen molar-refractivity contribution in [3.05, 3.63) is 162 Å². The average molecular weight is 592 g/mol. The Morgan fingerprint density at radius 3 is 1.83 bits per heavy atom. The number of hydrogen-bond donors (Lipinski definition) is 0. The summed E-state index contributed by atoms with van der Waals surface area (Å²) in [5.41, 5.74) is 12.0. The van der Waals surface area contributed by atoms with Crippen molar-refractivity contribution in [1.29, 1.82) is 0 Å². The molecule has 0 amide bonds. The Morgan fingerprint density at radius 1 is 0.630 bits per heavy atom. The lowest BCUT2D eigenvalue weighted by Gasteiger charge is -2.22. The van der Waals surface area contributed by atoms with E-state index in [1.54, 1.807) is 0 Å². The van der Waals surface area contributed by atoms with E-state index in [0.29, 0.717) is 5.92 Å². The zero-order chi connectivity index (χ0) is 31.2. The van der Waals surface area contributed by atoms with Crippen LogP contribution in [0.5, 0.6) is 0 Å². The molecular formula is C44H35N2-. The summed E-state index contributed by atoms with van der Waals surface area (Å²) in [5, 5.41) is 12.0. The van der Waals surface area contributed by atoms with Gasteiger partial charge in [0, 0.05) is 11.8 Å². The third-order valence-electron chi connectivity index (χ3n) is 9.27. The predicted octanol–water partition coefficient (Wildman–Crippen LogP) is 12.3. The Balaban J connectivity index is 1.27. The van der Waals surface area contributed by atoms with E-state index >= 15 is 0 Å². The summed E-state index contributed by atoms with van der Waals surface area (Å²) < 4.78 is 0. The monoisotopic (exact) mass is 591 g/mol. The third-order valence-corrected chi connectivity index (χ3v) is 9.27. The van der Waals surface area contributed by atoms with Gasteiger partial charge in [-0.2, -0.15) is 6.20 Å². The van der Waals surface area contributed by atoms with Crippen LogP contribution in [0.3, 0.4) is 0 Å². The van der Waals surface area contributed by atoms with Gasteiger partial charge in [0.1, 0.15) is 0 Å². The SMILES string of the molecule is Cc1cccc(-c2c3ccccc3c(-c3ccc4cc(-c5cc(C6=C[N-]CC=C6)c(C(C)C)cn5)ccc4c3)c3ccccc23)c1. The molecule has 0 aliphatic carbocycles. The fourth-order valence-corrected chi connectivity index (χ4v) is 7.04. The summed E-state index contributed by atoms with van der Waals surface area (Å²) in [6, 6.07) is 42.4. The normalized spacial score (nSPS) is 13.0. The summed E-state index contributed by atoms with van der Waals surface area (Å²) in [4.78, 5) is 4.92. The quantitative estimate of drug-likeness (QED) is 0.183. The van der Waals surface area contributed by atoms with Crippen LogP contribution >= 0.6 is 0 Å². The van der Waals surface area contributed by atoms with Gasteiger partial charge in [0.25, 0.3) is 0 Å². The van der Waals surface area contributed by atoms with Crippen molar-refractivity contribution in [1.82, 2.24) is 4.98 Å². The highest BCUT2D eigenvalue weighted by Crippen LogP contribution is 2.44. The maximum atomic E-state index is 4.92. The highest BCUT2D eigenvalue weighted by Gasteiger charge is 2.17. The Morgan fingerprint density at radius 2 is 1.24 bits per heavy atom. The molecule has 46 heavy (non-hydrogen) atoms. The summed E-state index contributed by atoms with van der Waals surface area (Å²) in [7, 11) is 0. The van der Waals surface area contributed by atoms with Gasteiger partial charge in [-0.15, -0.1) is 12.6 Å². The van der Waals surface area contributed by atoms with Crippen LogP contribution in [-0.2, 0) is 0 Å². The molecular weight excluding hydrogens is 556 g/mol. The van der Waals surface area contributed by atoms with Crippen LogP contribution in [0.4, 0.5) is 0 Å². The van der Waals surface area contributed by atoms with Crippen LogP contribution < -0.4 is 0 Å². The van der Waals surface area contributed by atoms with Gasteiger partial charge in [0.15, 0.2) is 0 Å². The maximum Gasteiger partial charge on any atom is 0.0708 e. The standard InChI is InChI=1S/C44H35N2/c1-28(2)41-27-46-42(25-40(41)35-12-9-21-45-26-35)32-19-17-31-24-34(20-18-30(31)23-32)44-38-15-6-4-13-36(38)43(33-11-8-10-29(3)22-33)37-14-5-7-16-39(37)44/h4-20,22-28H,21H2,1-3H3/q-1. The molecule has 0 saturated carbocycles. The zero-order valence-corrected chi connectivity index (χ0v) is 26.5. The number of aromatic nitrogens is 1. The first-order valence-corrected chi connectivity index (χ1v) is 16.1. The van der Waals surface area contributed by atoms with Gasteiger partial charge in [-0.1, -0.05) is 123 Å². The number of fused-ring (bicyclic) bond motifs is 3. The molecule has 1 aromatic heterocycles. The summed E-state index contributed by atoms with van der Waals surface area (Å²) in [5.74, 6) is 0.376. The Hall–Kier alpha value is -5.47. The number of rotatable bonds is 5. The molecule has 2 nitrogen and oxygen atoms in total. The Kier molecular flexibility index (Phi) is 6.99. The molecule has 0 saturated heterocycles. The first-order valence-electron chi connectivity index (χ1n) is 16.1. The first kappa shape index (κ1) is 28.0. The van der Waals surface area contributed by atoms with Crippen molar-refractivity contribution in [3.63, 3.8) is 0 Å². The minimum Gasteiger partial charge on any atom is -0.687 e. The molecule has 7 aromatic rings. The molecule has 0 bridgehead atoms. The van der Waals surface area contributed by atoms with Crippen LogP contribution in [0.25, 0.3) is 76.7 Å². The number of hydrogen-bond acceptors (Lipinski definition) is 1. The highest BCUT2D eigenvalue weighted by molar-refractivity contribution is 6.21. The molecule has 0 spiro atoms. The van der Waals surface area contributed by atoms with Crippen LogP contribution in [0.2, 0.25) is 0 Å². The number of allylic oxidation sites excluding steroid dienone is 2. The topological polar surface area (TPSA) is 27.0 Å². The van der Waals surface area contributed by atoms with Gasteiger partial charge in [-0.05, 0) is 102 Å². The second-order valence-corrected chi connectivity index (χ2v) is 12.7. The van der Waals surface area contributed by atoms with E-state index in [1.807, 2.05) is 12.4 Å². The fraction of sp³-hybridized carbons (Fsp3) is 0.114. The van der Waals surface area contributed by atoms with E-state index in [-0.39, 0.29) is 0 Å². The van der Waals surface area contributed by atoms with Crippen LogP contribution in [-0.4, -0.2) is 11.5 Å². The van der Waals surface area contributed by atoms with Crippen molar-refractivity contribution in [2.24, 2.45) is 0 Å². The van der Waals surface area contributed by atoms with Gasteiger partial charge in [-0.3, -0.25) is 4.98 Å². The van der Waals surface area contributed by atoms with Crippen molar-refractivity contribution in [3.8, 4) is 33.5 Å². The zero-order valence-electron chi connectivity index (χ0n) is 26.5. The lowest BCUT2D eigenvalue weighted by atomic mass is 9.85. The largest absolute Gasteiger partial charge is 0.687 e. The molecule has 222 valence electrons. The number of benzene rings is 6. The minimum absolute atomic E-state index is 0.376. The summed E-state index contributed by atoms with van der Waals surface area (Å²) >= 11 is 0.